The molecule has 0 amide bonds. The van der Waals surface area contributed by atoms with E-state index in [-0.39, 0.29) is 6.04 Å². The van der Waals surface area contributed by atoms with Crippen molar-refractivity contribution in [2.75, 3.05) is 20.8 Å². The molecule has 0 radical (unpaired) electrons. The second-order valence-corrected chi connectivity index (χ2v) is 3.35. The fourth-order valence-electron chi connectivity index (χ4n) is 1.71. The number of ether oxygens (including phenoxy) is 2. The highest BCUT2D eigenvalue weighted by atomic mass is 16.5. The lowest BCUT2D eigenvalue weighted by molar-refractivity contribution is 0.378. The van der Waals surface area contributed by atoms with Gasteiger partial charge >= 0.3 is 0 Å². The quantitative estimate of drug-likeness (QED) is 0.749. The Morgan fingerprint density at radius 2 is 1.88 bits per heavy atom. The van der Waals surface area contributed by atoms with Crippen LogP contribution in [0, 0.1) is 0 Å². The molecule has 3 heteroatoms. The number of rotatable bonds is 6. The predicted molar refractivity (Wildman–Crippen MR) is 66.2 cm³/mol. The summed E-state index contributed by atoms with van der Waals surface area (Å²) in [5.41, 5.74) is 0.990. The maximum atomic E-state index is 5.35. The van der Waals surface area contributed by atoms with E-state index in [4.69, 9.17) is 9.47 Å². The average Bonchev–Trinajstić information content (AvgIpc) is 2.35. The molecule has 3 nitrogen and oxygen atoms in total. The van der Waals surface area contributed by atoms with E-state index in [2.05, 4.69) is 18.8 Å². The smallest absolute Gasteiger partial charge is 0.127 e. The first-order valence-electron chi connectivity index (χ1n) is 5.35. The van der Waals surface area contributed by atoms with Crippen LogP contribution < -0.4 is 14.8 Å². The minimum absolute atomic E-state index is 0.0381. The third-order valence-corrected chi connectivity index (χ3v) is 2.44. The van der Waals surface area contributed by atoms with Gasteiger partial charge in [0.15, 0.2) is 0 Å². The van der Waals surface area contributed by atoms with E-state index in [0.717, 1.165) is 23.6 Å². The Balaban J connectivity index is 3.19. The molecule has 0 aliphatic heterocycles. The third-order valence-electron chi connectivity index (χ3n) is 2.44. The third kappa shape index (κ3) is 2.55. The van der Waals surface area contributed by atoms with Gasteiger partial charge in [-0.1, -0.05) is 19.1 Å². The number of methoxy groups -OCH3 is 2. The summed E-state index contributed by atoms with van der Waals surface area (Å²) in [5, 5.41) is 3.32. The summed E-state index contributed by atoms with van der Waals surface area (Å²) < 4.78 is 10.7. The normalized spacial score (nSPS) is 11.9. The summed E-state index contributed by atoms with van der Waals surface area (Å²) in [7, 11) is 3.31. The molecule has 1 rings (SSSR count). The van der Waals surface area contributed by atoms with Gasteiger partial charge in [-0.05, 0) is 18.7 Å². The topological polar surface area (TPSA) is 30.5 Å². The first kappa shape index (κ1) is 12.6. The Hall–Kier alpha value is -1.48. The molecule has 1 N–H and O–H groups in total. The maximum Gasteiger partial charge on any atom is 0.127 e. The molecule has 1 aromatic rings. The molecule has 1 atom stereocenters. The highest BCUT2D eigenvalue weighted by Crippen LogP contribution is 2.34. The molecule has 0 aliphatic rings. The largest absolute Gasteiger partial charge is 0.496 e. The molecule has 0 bridgehead atoms. The Morgan fingerprint density at radius 1 is 1.31 bits per heavy atom. The van der Waals surface area contributed by atoms with Crippen molar-refractivity contribution in [1.82, 2.24) is 5.32 Å². The summed E-state index contributed by atoms with van der Waals surface area (Å²) in [6.45, 7) is 6.75. The first-order chi connectivity index (χ1) is 7.78. The number of hydrogen-bond donors (Lipinski definition) is 1. The number of hydrogen-bond acceptors (Lipinski definition) is 3. The van der Waals surface area contributed by atoms with E-state index in [1.807, 2.05) is 24.3 Å². The van der Waals surface area contributed by atoms with Crippen molar-refractivity contribution in [2.45, 2.75) is 13.0 Å². The highest BCUT2D eigenvalue weighted by Gasteiger charge is 2.17. The van der Waals surface area contributed by atoms with Crippen molar-refractivity contribution >= 4 is 0 Å². The van der Waals surface area contributed by atoms with Gasteiger partial charge in [-0.15, -0.1) is 6.58 Å². The molecule has 1 aromatic carbocycles. The van der Waals surface area contributed by atoms with Crippen molar-refractivity contribution in [3.05, 3.63) is 36.4 Å². The van der Waals surface area contributed by atoms with Gasteiger partial charge in [0.05, 0.1) is 25.8 Å². The Labute approximate surface area is 97.1 Å². The van der Waals surface area contributed by atoms with Crippen LogP contribution in [-0.2, 0) is 0 Å². The van der Waals surface area contributed by atoms with Gasteiger partial charge in [-0.25, -0.2) is 0 Å². The highest BCUT2D eigenvalue weighted by molar-refractivity contribution is 5.48. The van der Waals surface area contributed by atoms with Gasteiger partial charge in [-0.2, -0.15) is 0 Å². The van der Waals surface area contributed by atoms with Crippen LogP contribution in [0.2, 0.25) is 0 Å². The molecule has 0 fully saturated rings. The number of nitrogens with one attached hydrogen (secondary N) is 1. The van der Waals surface area contributed by atoms with E-state index < -0.39 is 0 Å². The van der Waals surface area contributed by atoms with E-state index in [9.17, 15) is 0 Å². The summed E-state index contributed by atoms with van der Waals surface area (Å²) in [6.07, 6.45) is 1.85. The van der Waals surface area contributed by atoms with Gasteiger partial charge < -0.3 is 14.8 Å². The summed E-state index contributed by atoms with van der Waals surface area (Å²) >= 11 is 0. The van der Waals surface area contributed by atoms with Crippen LogP contribution in [0.25, 0.3) is 0 Å². The molecule has 88 valence electrons. The van der Waals surface area contributed by atoms with Gasteiger partial charge in [0, 0.05) is 0 Å². The fourth-order valence-corrected chi connectivity index (χ4v) is 1.71. The van der Waals surface area contributed by atoms with Crippen molar-refractivity contribution in [3.63, 3.8) is 0 Å². The molecule has 0 saturated heterocycles. The van der Waals surface area contributed by atoms with Gasteiger partial charge in [0.25, 0.3) is 0 Å². The predicted octanol–water partition coefficient (Wildman–Crippen LogP) is 2.54. The second-order valence-electron chi connectivity index (χ2n) is 3.35. The second kappa shape index (κ2) is 6.18. The van der Waals surface area contributed by atoms with E-state index >= 15 is 0 Å². The summed E-state index contributed by atoms with van der Waals surface area (Å²) in [5.74, 6) is 1.62. The van der Waals surface area contributed by atoms with Crippen LogP contribution in [0.1, 0.15) is 18.5 Å². The first-order valence-corrected chi connectivity index (χ1v) is 5.35. The zero-order valence-electron chi connectivity index (χ0n) is 10.1. The zero-order valence-corrected chi connectivity index (χ0v) is 10.1. The minimum atomic E-state index is 0.0381. The van der Waals surface area contributed by atoms with Crippen LogP contribution in [0.15, 0.2) is 30.9 Å². The van der Waals surface area contributed by atoms with Crippen LogP contribution >= 0.6 is 0 Å². The SMILES string of the molecule is C=CC(NCC)c1c(OC)cccc1OC. The maximum absolute atomic E-state index is 5.35. The lowest BCUT2D eigenvalue weighted by atomic mass is 10.0. The number of likely N-dealkylation sites (N-methyl/N-ethyl adjacent to an activating group) is 1. The van der Waals surface area contributed by atoms with Crippen LogP contribution in [0.5, 0.6) is 11.5 Å². The molecule has 0 aromatic heterocycles. The summed E-state index contributed by atoms with van der Waals surface area (Å²) in [6, 6.07) is 5.79. The molecule has 0 spiro atoms. The average molecular weight is 221 g/mol. The van der Waals surface area contributed by atoms with Crippen LogP contribution in [0.3, 0.4) is 0 Å². The molecular formula is C13H19NO2. The van der Waals surface area contributed by atoms with E-state index in [1.54, 1.807) is 14.2 Å². The van der Waals surface area contributed by atoms with Gasteiger partial charge in [-0.3, -0.25) is 0 Å². The standard InChI is InChI=1S/C13H19NO2/c1-5-10(14-6-2)13-11(15-3)8-7-9-12(13)16-4/h5,7-10,14H,1,6H2,2-4H3. The Kier molecular flexibility index (Phi) is 4.86. The van der Waals surface area contributed by atoms with Crippen molar-refractivity contribution in [3.8, 4) is 11.5 Å². The van der Waals surface area contributed by atoms with Gasteiger partial charge in [0.2, 0.25) is 0 Å². The van der Waals surface area contributed by atoms with Crippen molar-refractivity contribution < 1.29 is 9.47 Å². The lowest BCUT2D eigenvalue weighted by Crippen LogP contribution is -2.20. The molecule has 16 heavy (non-hydrogen) atoms. The summed E-state index contributed by atoms with van der Waals surface area (Å²) in [4.78, 5) is 0. The molecule has 0 aliphatic carbocycles. The molecular weight excluding hydrogens is 202 g/mol. The van der Waals surface area contributed by atoms with Crippen LogP contribution in [0.4, 0.5) is 0 Å². The molecule has 0 heterocycles. The van der Waals surface area contributed by atoms with E-state index in [1.165, 1.54) is 0 Å². The molecule has 1 unspecified atom stereocenters. The van der Waals surface area contributed by atoms with Gasteiger partial charge in [0.1, 0.15) is 11.5 Å². The number of benzene rings is 1. The fraction of sp³-hybridized carbons (Fsp3) is 0.385. The van der Waals surface area contributed by atoms with Crippen molar-refractivity contribution in [1.29, 1.82) is 0 Å². The monoisotopic (exact) mass is 221 g/mol. The Morgan fingerprint density at radius 3 is 2.25 bits per heavy atom. The molecule has 0 saturated carbocycles. The lowest BCUT2D eigenvalue weighted by Gasteiger charge is -2.19. The van der Waals surface area contributed by atoms with E-state index in [0.29, 0.717) is 0 Å². The van der Waals surface area contributed by atoms with Crippen molar-refractivity contribution in [2.24, 2.45) is 0 Å². The van der Waals surface area contributed by atoms with Crippen LogP contribution in [-0.4, -0.2) is 20.8 Å². The Bertz CT molecular complexity index is 328. The minimum Gasteiger partial charge on any atom is -0.496 e. The zero-order chi connectivity index (χ0) is 12.0.